The molecule has 0 radical (unpaired) electrons. The molecule has 84 valence electrons. The number of carbonyl (C=O) groups is 1. The Labute approximate surface area is 93.8 Å². The smallest absolute Gasteiger partial charge is 0.356 e. The SMILES string of the molecule is COC(=O)c1cnc(CSC(C)(C)C)[nH]1. The molecule has 0 aromatic carbocycles. The molecule has 0 atom stereocenters. The molecule has 4 nitrogen and oxygen atoms in total. The average Bonchev–Trinajstić information content (AvgIpc) is 2.61. The van der Waals surface area contributed by atoms with Gasteiger partial charge in [-0.25, -0.2) is 9.78 Å². The molecule has 1 N–H and O–H groups in total. The molecule has 0 aliphatic heterocycles. The van der Waals surface area contributed by atoms with Gasteiger partial charge in [-0.1, -0.05) is 20.8 Å². The van der Waals surface area contributed by atoms with Crippen LogP contribution in [0, 0.1) is 0 Å². The number of methoxy groups -OCH3 is 1. The first-order valence-corrected chi connectivity index (χ1v) is 5.67. The first-order chi connectivity index (χ1) is 6.92. The van der Waals surface area contributed by atoms with Gasteiger partial charge < -0.3 is 9.72 Å². The highest BCUT2D eigenvalue weighted by Crippen LogP contribution is 2.25. The van der Waals surface area contributed by atoms with E-state index in [1.54, 1.807) is 11.8 Å². The standard InChI is InChI=1S/C10H16N2O2S/c1-10(2,3)15-6-8-11-5-7(12-8)9(13)14-4/h5H,6H2,1-4H3,(H,11,12). The Morgan fingerprint density at radius 1 is 1.60 bits per heavy atom. The summed E-state index contributed by atoms with van der Waals surface area (Å²) in [5.74, 6) is 1.19. The van der Waals surface area contributed by atoms with E-state index in [0.717, 1.165) is 11.6 Å². The summed E-state index contributed by atoms with van der Waals surface area (Å²) in [6.45, 7) is 6.42. The van der Waals surface area contributed by atoms with Crippen LogP contribution in [0.15, 0.2) is 6.20 Å². The minimum Gasteiger partial charge on any atom is -0.464 e. The quantitative estimate of drug-likeness (QED) is 0.806. The van der Waals surface area contributed by atoms with E-state index in [2.05, 4.69) is 35.5 Å². The lowest BCUT2D eigenvalue weighted by molar-refractivity contribution is 0.0594. The fourth-order valence-corrected chi connectivity index (χ4v) is 1.65. The summed E-state index contributed by atoms with van der Waals surface area (Å²) in [5.41, 5.74) is 0.405. The number of aromatic amines is 1. The molecule has 0 saturated carbocycles. The van der Waals surface area contributed by atoms with Crippen LogP contribution in [0.3, 0.4) is 0 Å². The molecular formula is C10H16N2O2S. The Kier molecular flexibility index (Phi) is 3.79. The van der Waals surface area contributed by atoms with Crippen LogP contribution in [-0.2, 0) is 10.5 Å². The number of aromatic nitrogens is 2. The Morgan fingerprint density at radius 2 is 2.27 bits per heavy atom. The van der Waals surface area contributed by atoms with Crippen molar-refractivity contribution in [2.75, 3.05) is 7.11 Å². The second kappa shape index (κ2) is 4.70. The molecule has 0 unspecified atom stereocenters. The zero-order valence-corrected chi connectivity index (χ0v) is 10.3. The monoisotopic (exact) mass is 228 g/mol. The van der Waals surface area contributed by atoms with Crippen molar-refractivity contribution in [2.45, 2.75) is 31.3 Å². The number of hydrogen-bond acceptors (Lipinski definition) is 4. The van der Waals surface area contributed by atoms with Gasteiger partial charge in [-0.15, -0.1) is 11.8 Å². The third kappa shape index (κ3) is 3.95. The van der Waals surface area contributed by atoms with Gasteiger partial charge in [0.25, 0.3) is 0 Å². The number of H-pyrrole nitrogens is 1. The summed E-state index contributed by atoms with van der Waals surface area (Å²) < 4.78 is 4.77. The van der Waals surface area contributed by atoms with Gasteiger partial charge >= 0.3 is 5.97 Å². The number of imidazole rings is 1. The van der Waals surface area contributed by atoms with E-state index in [9.17, 15) is 4.79 Å². The molecule has 0 fully saturated rings. The number of nitrogens with one attached hydrogen (secondary N) is 1. The fraction of sp³-hybridized carbons (Fsp3) is 0.600. The van der Waals surface area contributed by atoms with Crippen LogP contribution in [0.5, 0.6) is 0 Å². The highest BCUT2D eigenvalue weighted by Gasteiger charge is 2.13. The van der Waals surface area contributed by atoms with E-state index in [0.29, 0.717) is 5.69 Å². The molecule has 5 heteroatoms. The van der Waals surface area contributed by atoms with Crippen LogP contribution in [0.1, 0.15) is 37.1 Å². The van der Waals surface area contributed by atoms with Gasteiger partial charge in [-0.05, 0) is 0 Å². The molecule has 0 aliphatic carbocycles. The van der Waals surface area contributed by atoms with Gasteiger partial charge in [0.1, 0.15) is 11.5 Å². The molecule has 15 heavy (non-hydrogen) atoms. The van der Waals surface area contributed by atoms with Gasteiger partial charge in [0.15, 0.2) is 0 Å². The van der Waals surface area contributed by atoms with Crippen molar-refractivity contribution in [1.29, 1.82) is 0 Å². The van der Waals surface area contributed by atoms with E-state index in [1.807, 2.05) is 0 Å². The van der Waals surface area contributed by atoms with Gasteiger partial charge in [-0.3, -0.25) is 0 Å². The molecule has 1 aromatic heterocycles. The lowest BCUT2D eigenvalue weighted by Crippen LogP contribution is -2.08. The normalized spacial score (nSPS) is 11.5. The molecule has 1 heterocycles. The summed E-state index contributed by atoms with van der Waals surface area (Å²) >= 11 is 1.77. The van der Waals surface area contributed by atoms with Gasteiger partial charge in [0, 0.05) is 4.75 Å². The lowest BCUT2D eigenvalue weighted by Gasteiger charge is -2.16. The molecule has 0 saturated heterocycles. The molecule has 0 aliphatic rings. The van der Waals surface area contributed by atoms with E-state index >= 15 is 0 Å². The topological polar surface area (TPSA) is 55.0 Å². The Hall–Kier alpha value is -0.970. The van der Waals surface area contributed by atoms with Crippen molar-refractivity contribution in [3.63, 3.8) is 0 Å². The van der Waals surface area contributed by atoms with Gasteiger partial charge in [0.05, 0.1) is 19.1 Å². The van der Waals surface area contributed by atoms with Crippen LogP contribution in [0.4, 0.5) is 0 Å². The third-order valence-corrected chi connectivity index (χ3v) is 2.96. The van der Waals surface area contributed by atoms with Crippen molar-refractivity contribution in [1.82, 2.24) is 9.97 Å². The molecule has 0 bridgehead atoms. The number of rotatable bonds is 3. The maximum Gasteiger partial charge on any atom is 0.356 e. The summed E-state index contributed by atoms with van der Waals surface area (Å²) in [6.07, 6.45) is 1.50. The molecule has 1 rings (SSSR count). The predicted molar refractivity (Wildman–Crippen MR) is 61.0 cm³/mol. The van der Waals surface area contributed by atoms with Crippen molar-refractivity contribution in [3.05, 3.63) is 17.7 Å². The summed E-state index contributed by atoms with van der Waals surface area (Å²) in [4.78, 5) is 18.2. The van der Waals surface area contributed by atoms with Crippen LogP contribution in [-0.4, -0.2) is 27.8 Å². The first kappa shape index (κ1) is 12.1. The second-order valence-corrected chi connectivity index (χ2v) is 5.94. The number of nitrogens with zero attached hydrogens (tertiary/aromatic N) is 1. The largest absolute Gasteiger partial charge is 0.464 e. The van der Waals surface area contributed by atoms with Gasteiger partial charge in [-0.2, -0.15) is 0 Å². The number of thioether (sulfide) groups is 1. The predicted octanol–water partition coefficient (Wildman–Crippen LogP) is 2.23. The van der Waals surface area contributed by atoms with Crippen LogP contribution >= 0.6 is 11.8 Å². The minimum atomic E-state index is -0.380. The highest BCUT2D eigenvalue weighted by molar-refractivity contribution is 7.99. The van der Waals surface area contributed by atoms with Crippen LogP contribution in [0.25, 0.3) is 0 Å². The van der Waals surface area contributed by atoms with Crippen LogP contribution in [0.2, 0.25) is 0 Å². The molecule has 0 spiro atoms. The second-order valence-electron chi connectivity index (χ2n) is 4.14. The maximum absolute atomic E-state index is 11.1. The fourth-order valence-electron chi connectivity index (χ4n) is 0.934. The molecule has 1 aromatic rings. The number of carbonyl (C=O) groups excluding carboxylic acids is 1. The highest BCUT2D eigenvalue weighted by atomic mass is 32.2. The van der Waals surface area contributed by atoms with E-state index in [4.69, 9.17) is 0 Å². The number of hydrogen-bond donors (Lipinski definition) is 1. The molecule has 0 amide bonds. The Morgan fingerprint density at radius 3 is 2.80 bits per heavy atom. The number of esters is 1. The summed E-state index contributed by atoms with van der Waals surface area (Å²) in [6, 6.07) is 0. The average molecular weight is 228 g/mol. The Balaban J connectivity index is 2.57. The minimum absolute atomic E-state index is 0.193. The van der Waals surface area contributed by atoms with Crippen molar-refractivity contribution >= 4 is 17.7 Å². The zero-order chi connectivity index (χ0) is 11.5. The van der Waals surface area contributed by atoms with E-state index in [1.165, 1.54) is 13.3 Å². The lowest BCUT2D eigenvalue weighted by atomic mass is 10.3. The zero-order valence-electron chi connectivity index (χ0n) is 9.46. The van der Waals surface area contributed by atoms with E-state index < -0.39 is 0 Å². The van der Waals surface area contributed by atoms with E-state index in [-0.39, 0.29) is 10.7 Å². The summed E-state index contributed by atoms with van der Waals surface area (Å²) in [5, 5.41) is 0. The summed E-state index contributed by atoms with van der Waals surface area (Å²) in [7, 11) is 1.35. The van der Waals surface area contributed by atoms with Crippen LogP contribution < -0.4 is 0 Å². The van der Waals surface area contributed by atoms with Crippen molar-refractivity contribution in [2.24, 2.45) is 0 Å². The maximum atomic E-state index is 11.1. The van der Waals surface area contributed by atoms with Crippen molar-refractivity contribution in [3.8, 4) is 0 Å². The molecular weight excluding hydrogens is 212 g/mol. The third-order valence-electron chi connectivity index (χ3n) is 1.68. The Bertz CT molecular complexity index is 341. The van der Waals surface area contributed by atoms with Gasteiger partial charge in [0.2, 0.25) is 0 Å². The first-order valence-electron chi connectivity index (χ1n) is 4.68. The van der Waals surface area contributed by atoms with Crippen molar-refractivity contribution < 1.29 is 9.53 Å². The number of ether oxygens (including phenoxy) is 1.